The third-order valence-electron chi connectivity index (χ3n) is 6.60. The number of sulfonamides is 1. The van der Waals surface area contributed by atoms with Gasteiger partial charge < -0.3 is 4.57 Å². The molecule has 4 aromatic rings. The van der Waals surface area contributed by atoms with Gasteiger partial charge in [-0.25, -0.2) is 13.8 Å². The molecule has 0 unspecified atom stereocenters. The molecule has 39 heavy (non-hydrogen) atoms. The second-order valence-corrected chi connectivity index (χ2v) is 11.8. The number of hydrogen-bond acceptors (Lipinski definition) is 4. The van der Waals surface area contributed by atoms with Gasteiger partial charge in [0.25, 0.3) is 15.9 Å². The van der Waals surface area contributed by atoms with Crippen LogP contribution in [0.25, 0.3) is 5.69 Å². The summed E-state index contributed by atoms with van der Waals surface area (Å²) in [4.78, 5) is 13.1. The maximum Gasteiger partial charge on any atom is 0.264 e. The molecule has 0 atom stereocenters. The van der Waals surface area contributed by atoms with Gasteiger partial charge in [0.2, 0.25) is 0 Å². The summed E-state index contributed by atoms with van der Waals surface area (Å²) in [6.45, 7) is 9.23. The number of nitrogens with zero attached hydrogens (tertiary/aromatic N) is 3. The zero-order valence-electron chi connectivity index (χ0n) is 22.6. The van der Waals surface area contributed by atoms with E-state index in [1.165, 1.54) is 0 Å². The Morgan fingerprint density at radius 1 is 0.949 bits per heavy atom. The van der Waals surface area contributed by atoms with Gasteiger partial charge in [-0.3, -0.25) is 9.10 Å². The summed E-state index contributed by atoms with van der Waals surface area (Å²) >= 11 is 6.17. The Kier molecular flexibility index (Phi) is 8.28. The molecule has 0 aliphatic carbocycles. The first-order valence-electron chi connectivity index (χ1n) is 12.4. The summed E-state index contributed by atoms with van der Waals surface area (Å²) in [6, 6.07) is 21.4. The van der Waals surface area contributed by atoms with Gasteiger partial charge in [0, 0.05) is 27.7 Å². The lowest BCUT2D eigenvalue weighted by molar-refractivity contribution is -0.119. The topological polar surface area (TPSA) is 83.8 Å². The van der Waals surface area contributed by atoms with Crippen LogP contribution in [0.3, 0.4) is 0 Å². The van der Waals surface area contributed by atoms with Crippen LogP contribution in [0, 0.1) is 34.6 Å². The van der Waals surface area contributed by atoms with E-state index in [-0.39, 0.29) is 4.90 Å². The predicted molar refractivity (Wildman–Crippen MR) is 158 cm³/mol. The third-order valence-corrected chi connectivity index (χ3v) is 8.63. The maximum atomic E-state index is 13.6. The van der Waals surface area contributed by atoms with Gasteiger partial charge >= 0.3 is 0 Å². The lowest BCUT2D eigenvalue weighted by atomic mass is 10.1. The second-order valence-electron chi connectivity index (χ2n) is 9.53. The number of amides is 1. The molecule has 1 aromatic heterocycles. The fourth-order valence-corrected chi connectivity index (χ4v) is 5.90. The van der Waals surface area contributed by atoms with Crippen molar-refractivity contribution in [3.63, 3.8) is 0 Å². The molecule has 0 fully saturated rings. The number of halogens is 1. The van der Waals surface area contributed by atoms with Gasteiger partial charge in [0.15, 0.2) is 0 Å². The predicted octanol–water partition coefficient (Wildman–Crippen LogP) is 6.02. The monoisotopic (exact) mass is 562 g/mol. The molecule has 0 bridgehead atoms. The van der Waals surface area contributed by atoms with E-state index in [1.807, 2.05) is 75.6 Å². The Hall–Kier alpha value is -3.88. The molecule has 9 heteroatoms. The number of carbonyl (C=O) groups is 1. The first kappa shape index (κ1) is 28.1. The van der Waals surface area contributed by atoms with E-state index in [0.29, 0.717) is 10.7 Å². The van der Waals surface area contributed by atoms with Gasteiger partial charge in [0.05, 0.1) is 16.8 Å². The molecule has 0 aliphatic heterocycles. The molecule has 202 valence electrons. The molecule has 1 N–H and O–H groups in total. The number of aromatic nitrogens is 1. The van der Waals surface area contributed by atoms with E-state index in [0.717, 1.165) is 43.6 Å². The zero-order chi connectivity index (χ0) is 28.3. The molecular formula is C30H31ClN4O3S. The molecule has 0 saturated carbocycles. The molecule has 0 radical (unpaired) electrons. The van der Waals surface area contributed by atoms with Gasteiger partial charge in [-0.2, -0.15) is 5.10 Å². The molecule has 7 nitrogen and oxygen atoms in total. The number of nitrogens with one attached hydrogen (secondary N) is 1. The van der Waals surface area contributed by atoms with Crippen molar-refractivity contribution in [3.8, 4) is 5.69 Å². The summed E-state index contributed by atoms with van der Waals surface area (Å²) < 4.78 is 30.4. The number of hydrazone groups is 1. The van der Waals surface area contributed by atoms with E-state index in [2.05, 4.69) is 10.5 Å². The Morgan fingerprint density at radius 3 is 2.33 bits per heavy atom. The second kappa shape index (κ2) is 11.5. The number of hydrogen-bond donors (Lipinski definition) is 1. The number of carbonyl (C=O) groups excluding carboxylic acids is 1. The maximum absolute atomic E-state index is 13.6. The van der Waals surface area contributed by atoms with Crippen molar-refractivity contribution in [1.29, 1.82) is 0 Å². The molecule has 3 aromatic carbocycles. The minimum absolute atomic E-state index is 0.107. The zero-order valence-corrected chi connectivity index (χ0v) is 24.1. The average molecular weight is 563 g/mol. The third kappa shape index (κ3) is 6.24. The normalized spacial score (nSPS) is 11.6. The summed E-state index contributed by atoms with van der Waals surface area (Å²) in [6.07, 6.45) is 1.55. The first-order valence-corrected chi connectivity index (χ1v) is 14.2. The van der Waals surface area contributed by atoms with Crippen molar-refractivity contribution in [2.45, 2.75) is 39.5 Å². The first-order chi connectivity index (χ1) is 18.5. The van der Waals surface area contributed by atoms with E-state index >= 15 is 0 Å². The standard InChI is InChI=1S/C30H31ClN4O3S/c1-20-9-13-29(14-10-20)39(37,38)34(27-12-11-21(2)22(3)15-27)19-30(36)33-32-18-25-16-23(4)35(24(25)5)28-8-6-7-26(31)17-28/h6-18H,19H2,1-5H3,(H,33,36)/b32-18+. The fraction of sp³-hybridized carbons (Fsp3) is 0.200. The van der Waals surface area contributed by atoms with E-state index < -0.39 is 22.5 Å². The van der Waals surface area contributed by atoms with Crippen molar-refractivity contribution >= 4 is 39.4 Å². The van der Waals surface area contributed by atoms with Crippen molar-refractivity contribution in [1.82, 2.24) is 9.99 Å². The highest BCUT2D eigenvalue weighted by molar-refractivity contribution is 7.92. The van der Waals surface area contributed by atoms with Crippen molar-refractivity contribution < 1.29 is 13.2 Å². The van der Waals surface area contributed by atoms with Crippen LogP contribution < -0.4 is 9.73 Å². The highest BCUT2D eigenvalue weighted by atomic mass is 35.5. The summed E-state index contributed by atoms with van der Waals surface area (Å²) in [5.74, 6) is -0.566. The minimum atomic E-state index is -4.01. The van der Waals surface area contributed by atoms with Crippen LogP contribution in [0.2, 0.25) is 5.02 Å². The number of rotatable bonds is 8. The van der Waals surface area contributed by atoms with Crippen LogP contribution in [-0.2, 0) is 14.8 Å². The quantitative estimate of drug-likeness (QED) is 0.210. The summed E-state index contributed by atoms with van der Waals surface area (Å²) in [5, 5.41) is 4.76. The molecule has 0 spiro atoms. The SMILES string of the molecule is Cc1ccc(S(=O)(=O)N(CC(=O)N/N=C/c2cc(C)n(-c3cccc(Cl)c3)c2C)c2ccc(C)c(C)c2)cc1. The molecule has 1 heterocycles. The highest BCUT2D eigenvalue weighted by Gasteiger charge is 2.27. The average Bonchev–Trinajstić information content (AvgIpc) is 3.17. The lowest BCUT2D eigenvalue weighted by Crippen LogP contribution is -2.39. The van der Waals surface area contributed by atoms with Gasteiger partial charge in [0.1, 0.15) is 6.54 Å². The van der Waals surface area contributed by atoms with Crippen LogP contribution in [-0.4, -0.2) is 31.7 Å². The molecule has 0 saturated heterocycles. The fourth-order valence-electron chi connectivity index (χ4n) is 4.30. The Balaban J connectivity index is 1.57. The van der Waals surface area contributed by atoms with Gasteiger partial charge in [-0.05, 0) is 94.3 Å². The number of aryl methyl sites for hydroxylation is 4. The minimum Gasteiger partial charge on any atom is -0.318 e. The van der Waals surface area contributed by atoms with Crippen LogP contribution >= 0.6 is 11.6 Å². The van der Waals surface area contributed by atoms with Crippen molar-refractivity contribution in [2.24, 2.45) is 5.10 Å². The van der Waals surface area contributed by atoms with Crippen LogP contribution in [0.1, 0.15) is 33.6 Å². The summed E-state index contributed by atoms with van der Waals surface area (Å²) in [7, 11) is -4.01. The number of benzene rings is 3. The Morgan fingerprint density at radius 2 is 1.67 bits per heavy atom. The van der Waals surface area contributed by atoms with E-state index in [9.17, 15) is 13.2 Å². The Labute approximate surface area is 234 Å². The highest BCUT2D eigenvalue weighted by Crippen LogP contribution is 2.26. The van der Waals surface area contributed by atoms with Crippen LogP contribution in [0.5, 0.6) is 0 Å². The van der Waals surface area contributed by atoms with E-state index in [1.54, 1.807) is 42.6 Å². The summed E-state index contributed by atoms with van der Waals surface area (Å²) in [5.41, 5.74) is 9.41. The largest absolute Gasteiger partial charge is 0.318 e. The lowest BCUT2D eigenvalue weighted by Gasteiger charge is -2.24. The van der Waals surface area contributed by atoms with Gasteiger partial charge in [-0.15, -0.1) is 0 Å². The molecule has 1 amide bonds. The molecule has 4 rings (SSSR count). The van der Waals surface area contributed by atoms with Crippen molar-refractivity contribution in [3.05, 3.63) is 111 Å². The van der Waals surface area contributed by atoms with Gasteiger partial charge in [-0.1, -0.05) is 41.4 Å². The Bertz CT molecular complexity index is 1660. The van der Waals surface area contributed by atoms with Crippen molar-refractivity contribution in [2.75, 3.05) is 10.8 Å². The smallest absolute Gasteiger partial charge is 0.264 e. The molecular weight excluding hydrogens is 532 g/mol. The van der Waals surface area contributed by atoms with E-state index in [4.69, 9.17) is 11.6 Å². The molecule has 0 aliphatic rings. The van der Waals surface area contributed by atoms with Crippen LogP contribution in [0.4, 0.5) is 5.69 Å². The number of anilines is 1. The van der Waals surface area contributed by atoms with Crippen LogP contribution in [0.15, 0.2) is 82.8 Å².